The van der Waals surface area contributed by atoms with E-state index in [4.69, 9.17) is 4.42 Å². The first-order valence-electron chi connectivity index (χ1n) is 6.20. The molecule has 0 radical (unpaired) electrons. The van der Waals surface area contributed by atoms with Crippen LogP contribution in [0.2, 0.25) is 0 Å². The van der Waals surface area contributed by atoms with E-state index >= 15 is 0 Å². The van der Waals surface area contributed by atoms with Crippen molar-refractivity contribution in [3.63, 3.8) is 0 Å². The second-order valence-corrected chi connectivity index (χ2v) is 4.89. The van der Waals surface area contributed by atoms with Gasteiger partial charge in [-0.1, -0.05) is 6.42 Å². The summed E-state index contributed by atoms with van der Waals surface area (Å²) in [4.78, 5) is 13.0. The highest BCUT2D eigenvalue weighted by atomic mass is 16.4. The molecule has 86 valence electrons. The van der Waals surface area contributed by atoms with Gasteiger partial charge < -0.3 is 9.32 Å². The van der Waals surface area contributed by atoms with Gasteiger partial charge in [0.15, 0.2) is 17.9 Å². The maximum absolute atomic E-state index is 10.6. The molecule has 2 atom stereocenters. The predicted octanol–water partition coefficient (Wildman–Crippen LogP) is 2.86. The highest BCUT2D eigenvalue weighted by Crippen LogP contribution is 2.39. The van der Waals surface area contributed by atoms with Gasteiger partial charge in [0.25, 0.3) is 0 Å². The minimum atomic E-state index is 0.440. The molecule has 2 heterocycles. The fourth-order valence-electron chi connectivity index (χ4n) is 3.29. The summed E-state index contributed by atoms with van der Waals surface area (Å²) < 4.78 is 5.54. The van der Waals surface area contributed by atoms with Crippen LogP contribution < -0.4 is 4.90 Å². The maximum atomic E-state index is 10.6. The molecule has 1 saturated heterocycles. The van der Waals surface area contributed by atoms with Crippen LogP contribution in [0.4, 0.5) is 5.88 Å². The molecule has 0 bridgehead atoms. The molecule has 1 aliphatic heterocycles. The maximum Gasteiger partial charge on any atom is 0.196 e. The molecule has 1 aromatic heterocycles. The molecule has 1 saturated carbocycles. The zero-order chi connectivity index (χ0) is 11.0. The third-order valence-corrected chi connectivity index (χ3v) is 4.01. The van der Waals surface area contributed by atoms with Crippen LogP contribution >= 0.6 is 0 Å². The summed E-state index contributed by atoms with van der Waals surface area (Å²) in [7, 11) is 0. The summed E-state index contributed by atoms with van der Waals surface area (Å²) in [5.41, 5.74) is 0. The topological polar surface area (TPSA) is 33.5 Å². The molecule has 1 aliphatic carbocycles. The molecule has 2 aliphatic rings. The van der Waals surface area contributed by atoms with Crippen LogP contribution in [0.25, 0.3) is 0 Å². The fourth-order valence-corrected chi connectivity index (χ4v) is 3.29. The van der Waals surface area contributed by atoms with Gasteiger partial charge in [0, 0.05) is 18.7 Å². The molecule has 0 aromatic carbocycles. The average molecular weight is 219 g/mol. The zero-order valence-electron chi connectivity index (χ0n) is 9.39. The van der Waals surface area contributed by atoms with Crippen molar-refractivity contribution in [2.45, 2.75) is 38.1 Å². The number of aldehydes is 1. The second kappa shape index (κ2) is 3.96. The SMILES string of the molecule is O=Cc1ccc(N2CCCC3CCCC32)o1. The Hall–Kier alpha value is -1.25. The lowest BCUT2D eigenvalue weighted by Gasteiger charge is -2.37. The number of fused-ring (bicyclic) bond motifs is 1. The van der Waals surface area contributed by atoms with Crippen LogP contribution in [0.3, 0.4) is 0 Å². The van der Waals surface area contributed by atoms with E-state index in [1.807, 2.05) is 6.07 Å². The van der Waals surface area contributed by atoms with Crippen molar-refractivity contribution in [1.82, 2.24) is 0 Å². The Kier molecular flexibility index (Phi) is 2.46. The van der Waals surface area contributed by atoms with E-state index in [1.54, 1.807) is 6.07 Å². The van der Waals surface area contributed by atoms with Crippen molar-refractivity contribution < 1.29 is 9.21 Å². The lowest BCUT2D eigenvalue weighted by molar-refractivity contribution is 0.110. The summed E-state index contributed by atoms with van der Waals surface area (Å²) in [6.45, 7) is 1.08. The molecule has 2 unspecified atom stereocenters. The van der Waals surface area contributed by atoms with E-state index in [-0.39, 0.29) is 0 Å². The molecule has 0 spiro atoms. The summed E-state index contributed by atoms with van der Waals surface area (Å²) in [5, 5.41) is 0. The molecule has 0 N–H and O–H groups in total. The van der Waals surface area contributed by atoms with Gasteiger partial charge in [-0.2, -0.15) is 0 Å². The molecule has 3 heteroatoms. The van der Waals surface area contributed by atoms with Crippen LogP contribution in [-0.2, 0) is 0 Å². The number of carbonyl (C=O) groups excluding carboxylic acids is 1. The Morgan fingerprint density at radius 2 is 2.12 bits per heavy atom. The highest BCUT2D eigenvalue weighted by Gasteiger charge is 2.36. The van der Waals surface area contributed by atoms with E-state index in [0.717, 1.165) is 24.6 Å². The Bertz CT molecular complexity index is 385. The van der Waals surface area contributed by atoms with Crippen molar-refractivity contribution >= 4 is 12.2 Å². The molecular formula is C13H17NO2. The van der Waals surface area contributed by atoms with Crippen LogP contribution in [0.1, 0.15) is 42.7 Å². The first-order valence-corrected chi connectivity index (χ1v) is 6.20. The van der Waals surface area contributed by atoms with Gasteiger partial charge in [0.2, 0.25) is 0 Å². The Labute approximate surface area is 95.4 Å². The largest absolute Gasteiger partial charge is 0.438 e. The first-order chi connectivity index (χ1) is 7.88. The third kappa shape index (κ3) is 1.55. The number of rotatable bonds is 2. The Morgan fingerprint density at radius 3 is 2.94 bits per heavy atom. The molecule has 3 nitrogen and oxygen atoms in total. The van der Waals surface area contributed by atoms with E-state index in [2.05, 4.69) is 4.90 Å². The number of piperidine rings is 1. The second-order valence-electron chi connectivity index (χ2n) is 4.89. The summed E-state index contributed by atoms with van der Waals surface area (Å²) in [5.74, 6) is 2.17. The minimum absolute atomic E-state index is 0.440. The molecule has 0 amide bonds. The van der Waals surface area contributed by atoms with E-state index in [1.165, 1.54) is 32.1 Å². The number of nitrogens with zero attached hydrogens (tertiary/aromatic N) is 1. The highest BCUT2D eigenvalue weighted by molar-refractivity contribution is 5.71. The predicted molar refractivity (Wildman–Crippen MR) is 61.8 cm³/mol. The monoisotopic (exact) mass is 219 g/mol. The fraction of sp³-hybridized carbons (Fsp3) is 0.615. The van der Waals surface area contributed by atoms with Crippen molar-refractivity contribution in [2.24, 2.45) is 5.92 Å². The lowest BCUT2D eigenvalue weighted by Crippen LogP contribution is -2.42. The lowest BCUT2D eigenvalue weighted by atomic mass is 9.92. The molecule has 1 aromatic rings. The standard InChI is InChI=1S/C13H17NO2/c15-9-11-6-7-13(16-11)14-8-2-4-10-3-1-5-12(10)14/h6-7,9-10,12H,1-5,8H2. The molecule has 16 heavy (non-hydrogen) atoms. The number of anilines is 1. The van der Waals surface area contributed by atoms with Crippen molar-refractivity contribution in [3.8, 4) is 0 Å². The van der Waals surface area contributed by atoms with Gasteiger partial charge in [-0.15, -0.1) is 0 Å². The minimum Gasteiger partial charge on any atom is -0.438 e. The van der Waals surface area contributed by atoms with Gasteiger partial charge in [0.1, 0.15) is 0 Å². The summed E-state index contributed by atoms with van der Waals surface area (Å²) in [6.07, 6.45) is 7.37. The quantitative estimate of drug-likeness (QED) is 0.717. The van der Waals surface area contributed by atoms with Crippen molar-refractivity contribution in [3.05, 3.63) is 17.9 Å². The normalized spacial score (nSPS) is 29.1. The Morgan fingerprint density at radius 1 is 1.25 bits per heavy atom. The number of hydrogen-bond acceptors (Lipinski definition) is 3. The van der Waals surface area contributed by atoms with Gasteiger partial charge in [-0.3, -0.25) is 4.79 Å². The average Bonchev–Trinajstić information content (AvgIpc) is 2.97. The van der Waals surface area contributed by atoms with Crippen molar-refractivity contribution in [1.29, 1.82) is 0 Å². The van der Waals surface area contributed by atoms with E-state index in [9.17, 15) is 4.79 Å². The summed E-state index contributed by atoms with van der Waals surface area (Å²) in [6, 6.07) is 4.35. The van der Waals surface area contributed by atoms with Crippen molar-refractivity contribution in [2.75, 3.05) is 11.4 Å². The van der Waals surface area contributed by atoms with Crippen LogP contribution in [-0.4, -0.2) is 18.9 Å². The van der Waals surface area contributed by atoms with Gasteiger partial charge in [-0.05, 0) is 37.7 Å². The summed E-state index contributed by atoms with van der Waals surface area (Å²) >= 11 is 0. The first kappa shape index (κ1) is 9.94. The van der Waals surface area contributed by atoms with Crippen LogP contribution in [0, 0.1) is 5.92 Å². The molecular weight excluding hydrogens is 202 g/mol. The zero-order valence-corrected chi connectivity index (χ0v) is 9.39. The number of furan rings is 1. The molecule has 3 rings (SSSR count). The van der Waals surface area contributed by atoms with E-state index in [0.29, 0.717) is 11.8 Å². The number of carbonyl (C=O) groups is 1. The smallest absolute Gasteiger partial charge is 0.196 e. The van der Waals surface area contributed by atoms with E-state index < -0.39 is 0 Å². The third-order valence-electron chi connectivity index (χ3n) is 4.01. The van der Waals surface area contributed by atoms with Gasteiger partial charge >= 0.3 is 0 Å². The van der Waals surface area contributed by atoms with Crippen LogP contribution in [0.5, 0.6) is 0 Å². The molecule has 2 fully saturated rings. The Balaban J connectivity index is 1.84. The number of hydrogen-bond donors (Lipinski definition) is 0. The van der Waals surface area contributed by atoms with Gasteiger partial charge in [-0.25, -0.2) is 0 Å². The van der Waals surface area contributed by atoms with Crippen LogP contribution in [0.15, 0.2) is 16.5 Å². The van der Waals surface area contributed by atoms with Gasteiger partial charge in [0.05, 0.1) is 0 Å².